The minimum atomic E-state index is 0.259. The molecule has 2 heteroatoms. The van der Waals surface area contributed by atoms with Gasteiger partial charge in [-0.25, -0.2) is 0 Å². The minimum absolute atomic E-state index is 0.259. The second-order valence-corrected chi connectivity index (χ2v) is 3.15. The first kappa shape index (κ1) is 7.58. The monoisotopic (exact) mass is 141 g/mol. The van der Waals surface area contributed by atoms with Crippen molar-refractivity contribution in [1.29, 1.82) is 0 Å². The lowest BCUT2D eigenvalue weighted by Crippen LogP contribution is -2.28. The fraction of sp³-hybridized carbons (Fsp3) is 0.875. The summed E-state index contributed by atoms with van der Waals surface area (Å²) in [6, 6.07) is 0.502. The fourth-order valence-corrected chi connectivity index (χ4v) is 1.64. The lowest BCUT2D eigenvalue weighted by Gasteiger charge is -2.16. The lowest BCUT2D eigenvalue weighted by molar-refractivity contribution is -0.130. The van der Waals surface area contributed by atoms with E-state index in [-0.39, 0.29) is 5.92 Å². The van der Waals surface area contributed by atoms with Gasteiger partial charge in [0.05, 0.1) is 0 Å². The molecule has 1 aliphatic rings. The van der Waals surface area contributed by atoms with Crippen molar-refractivity contribution in [3.8, 4) is 0 Å². The minimum Gasteiger partial charge on any atom is -0.343 e. The van der Waals surface area contributed by atoms with Crippen LogP contribution < -0.4 is 0 Å². The van der Waals surface area contributed by atoms with E-state index in [1.807, 2.05) is 18.9 Å². The number of carbonyl (C=O) groups is 1. The van der Waals surface area contributed by atoms with Crippen molar-refractivity contribution in [2.24, 2.45) is 5.92 Å². The highest BCUT2D eigenvalue weighted by Crippen LogP contribution is 2.23. The van der Waals surface area contributed by atoms with E-state index in [1.54, 1.807) is 0 Å². The highest BCUT2D eigenvalue weighted by molar-refractivity contribution is 5.80. The first-order chi connectivity index (χ1) is 4.66. The molecule has 1 saturated heterocycles. The third-order valence-electron chi connectivity index (χ3n) is 2.41. The van der Waals surface area contributed by atoms with Crippen LogP contribution in [0.25, 0.3) is 0 Å². The topological polar surface area (TPSA) is 20.3 Å². The molecule has 0 aromatic heterocycles. The van der Waals surface area contributed by atoms with Crippen LogP contribution in [-0.2, 0) is 4.79 Å². The van der Waals surface area contributed by atoms with Crippen molar-refractivity contribution in [3.05, 3.63) is 0 Å². The zero-order valence-corrected chi connectivity index (χ0v) is 6.92. The quantitative estimate of drug-likeness (QED) is 0.538. The summed E-state index contributed by atoms with van der Waals surface area (Å²) in [7, 11) is 1.90. The fourth-order valence-electron chi connectivity index (χ4n) is 1.64. The maximum Gasteiger partial charge on any atom is 0.225 e. The average molecular weight is 141 g/mol. The third-order valence-corrected chi connectivity index (χ3v) is 2.41. The van der Waals surface area contributed by atoms with Crippen LogP contribution in [0.1, 0.15) is 26.7 Å². The first-order valence-electron chi connectivity index (χ1n) is 3.93. The number of hydrogen-bond acceptors (Lipinski definition) is 1. The zero-order chi connectivity index (χ0) is 7.72. The second-order valence-electron chi connectivity index (χ2n) is 3.15. The van der Waals surface area contributed by atoms with Crippen LogP contribution in [0.15, 0.2) is 0 Å². The lowest BCUT2D eigenvalue weighted by atomic mass is 10.1. The van der Waals surface area contributed by atoms with E-state index >= 15 is 0 Å². The zero-order valence-electron chi connectivity index (χ0n) is 6.92. The largest absolute Gasteiger partial charge is 0.343 e. The van der Waals surface area contributed by atoms with Crippen molar-refractivity contribution < 1.29 is 4.79 Å². The Morgan fingerprint density at radius 1 is 1.70 bits per heavy atom. The summed E-state index contributed by atoms with van der Waals surface area (Å²) in [4.78, 5) is 13.1. The molecule has 0 aliphatic carbocycles. The molecule has 1 rings (SSSR count). The number of nitrogens with zero attached hydrogens (tertiary/aromatic N) is 1. The van der Waals surface area contributed by atoms with E-state index < -0.39 is 0 Å². The average Bonchev–Trinajstić information content (AvgIpc) is 2.17. The Balaban J connectivity index is 2.61. The Labute approximate surface area is 62.2 Å². The molecule has 1 amide bonds. The van der Waals surface area contributed by atoms with E-state index in [1.165, 1.54) is 0 Å². The first-order valence-corrected chi connectivity index (χ1v) is 3.93. The van der Waals surface area contributed by atoms with Gasteiger partial charge in [-0.15, -0.1) is 0 Å². The van der Waals surface area contributed by atoms with Crippen LogP contribution in [0.2, 0.25) is 0 Å². The van der Waals surface area contributed by atoms with Gasteiger partial charge in [-0.05, 0) is 12.8 Å². The van der Waals surface area contributed by atoms with Gasteiger partial charge < -0.3 is 4.90 Å². The summed E-state index contributed by atoms with van der Waals surface area (Å²) < 4.78 is 0. The van der Waals surface area contributed by atoms with Crippen LogP contribution in [-0.4, -0.2) is 23.9 Å². The van der Waals surface area contributed by atoms with Gasteiger partial charge in [-0.1, -0.05) is 13.8 Å². The number of amides is 1. The molecule has 1 heterocycles. The number of hydrogen-bond donors (Lipinski definition) is 0. The molecular formula is C8H15NO. The van der Waals surface area contributed by atoms with Gasteiger partial charge in [0.15, 0.2) is 0 Å². The Kier molecular flexibility index (Phi) is 1.97. The highest BCUT2D eigenvalue weighted by Gasteiger charge is 2.32. The predicted molar refractivity (Wildman–Crippen MR) is 40.6 cm³/mol. The molecule has 1 fully saturated rings. The van der Waals surface area contributed by atoms with Crippen LogP contribution >= 0.6 is 0 Å². The standard InChI is InChI=1S/C8H15NO/c1-4-7-5-6(2)8(10)9(7)3/h6-7H,4-5H2,1-3H3. The van der Waals surface area contributed by atoms with Crippen LogP contribution in [0.4, 0.5) is 0 Å². The summed E-state index contributed by atoms with van der Waals surface area (Å²) in [6.07, 6.45) is 2.14. The van der Waals surface area contributed by atoms with Crippen molar-refractivity contribution in [2.45, 2.75) is 32.7 Å². The van der Waals surface area contributed by atoms with E-state index in [9.17, 15) is 4.79 Å². The molecule has 2 unspecified atom stereocenters. The Bertz CT molecular complexity index is 144. The van der Waals surface area contributed by atoms with Gasteiger partial charge in [0.25, 0.3) is 0 Å². The van der Waals surface area contributed by atoms with E-state index in [0.717, 1.165) is 12.8 Å². The van der Waals surface area contributed by atoms with E-state index in [2.05, 4.69) is 6.92 Å². The molecule has 0 N–H and O–H groups in total. The van der Waals surface area contributed by atoms with Crippen molar-refractivity contribution >= 4 is 5.91 Å². The third kappa shape index (κ3) is 1.02. The molecule has 10 heavy (non-hydrogen) atoms. The molecule has 0 spiro atoms. The summed E-state index contributed by atoms with van der Waals surface area (Å²) in [6.45, 7) is 4.14. The van der Waals surface area contributed by atoms with E-state index in [0.29, 0.717) is 11.9 Å². The number of carbonyl (C=O) groups excluding carboxylic acids is 1. The summed E-state index contributed by atoms with van der Waals surface area (Å²) in [5.41, 5.74) is 0. The normalized spacial score (nSPS) is 33.5. The Hall–Kier alpha value is -0.530. The molecule has 2 atom stereocenters. The summed E-state index contributed by atoms with van der Waals surface area (Å²) in [5, 5.41) is 0. The maximum atomic E-state index is 11.2. The molecule has 0 saturated carbocycles. The molecule has 58 valence electrons. The van der Waals surface area contributed by atoms with Crippen LogP contribution in [0.5, 0.6) is 0 Å². The molecule has 0 aromatic rings. The second kappa shape index (κ2) is 2.60. The smallest absolute Gasteiger partial charge is 0.225 e. The number of likely N-dealkylation sites (tertiary alicyclic amines) is 1. The summed E-state index contributed by atoms with van der Waals surface area (Å²) in [5.74, 6) is 0.571. The van der Waals surface area contributed by atoms with E-state index in [4.69, 9.17) is 0 Å². The van der Waals surface area contributed by atoms with Gasteiger partial charge >= 0.3 is 0 Å². The Morgan fingerprint density at radius 2 is 2.30 bits per heavy atom. The SMILES string of the molecule is CCC1CC(C)C(=O)N1C. The van der Waals surface area contributed by atoms with Crippen molar-refractivity contribution in [2.75, 3.05) is 7.05 Å². The number of rotatable bonds is 1. The molecule has 1 aliphatic heterocycles. The van der Waals surface area contributed by atoms with Crippen molar-refractivity contribution in [1.82, 2.24) is 4.90 Å². The summed E-state index contributed by atoms with van der Waals surface area (Å²) >= 11 is 0. The van der Waals surface area contributed by atoms with Gasteiger partial charge in [0, 0.05) is 19.0 Å². The molecular weight excluding hydrogens is 126 g/mol. The van der Waals surface area contributed by atoms with Crippen molar-refractivity contribution in [3.63, 3.8) is 0 Å². The molecule has 2 nitrogen and oxygen atoms in total. The molecule has 0 bridgehead atoms. The van der Waals surface area contributed by atoms with Gasteiger partial charge in [-0.2, -0.15) is 0 Å². The van der Waals surface area contributed by atoms with Gasteiger partial charge in [-0.3, -0.25) is 4.79 Å². The van der Waals surface area contributed by atoms with Gasteiger partial charge in [0.2, 0.25) is 5.91 Å². The van der Waals surface area contributed by atoms with Gasteiger partial charge in [0.1, 0.15) is 0 Å². The van der Waals surface area contributed by atoms with Crippen LogP contribution in [0, 0.1) is 5.92 Å². The maximum absolute atomic E-state index is 11.2. The predicted octanol–water partition coefficient (Wildman–Crippen LogP) is 1.26. The molecule has 0 aromatic carbocycles. The molecule has 0 radical (unpaired) electrons. The highest BCUT2D eigenvalue weighted by atomic mass is 16.2. The Morgan fingerprint density at radius 3 is 2.50 bits per heavy atom. The van der Waals surface area contributed by atoms with Crippen LogP contribution in [0.3, 0.4) is 0 Å².